The van der Waals surface area contributed by atoms with Crippen molar-refractivity contribution in [1.29, 1.82) is 0 Å². The minimum Gasteiger partial charge on any atom is -0.377 e. The van der Waals surface area contributed by atoms with E-state index in [9.17, 15) is 19.2 Å². The van der Waals surface area contributed by atoms with E-state index < -0.39 is 11.8 Å². The number of carbonyl (C=O) groups is 4. The summed E-state index contributed by atoms with van der Waals surface area (Å²) in [6.45, 7) is 1.74. The van der Waals surface area contributed by atoms with Crippen molar-refractivity contribution in [3.05, 3.63) is 0 Å². The molecule has 0 unspecified atom stereocenters. The molecule has 4 amide bonds. The van der Waals surface area contributed by atoms with Gasteiger partial charge in [0.2, 0.25) is 23.6 Å². The second-order valence-corrected chi connectivity index (χ2v) is 4.98. The Kier molecular flexibility index (Phi) is 10.1. The van der Waals surface area contributed by atoms with Gasteiger partial charge in [-0.3, -0.25) is 19.2 Å². The molecule has 10 heteroatoms. The van der Waals surface area contributed by atoms with E-state index in [2.05, 4.69) is 21.3 Å². The normalized spacial score (nSPS) is 21.0. The van der Waals surface area contributed by atoms with Crippen LogP contribution in [0.3, 0.4) is 0 Å². The van der Waals surface area contributed by atoms with Crippen molar-refractivity contribution < 1.29 is 28.7 Å². The zero-order valence-corrected chi connectivity index (χ0v) is 13.5. The molecule has 1 fully saturated rings. The summed E-state index contributed by atoms with van der Waals surface area (Å²) in [6, 6.07) is 0. The van der Waals surface area contributed by atoms with E-state index in [0.717, 1.165) is 0 Å². The third-order valence-corrected chi connectivity index (χ3v) is 2.98. The number of hydrogen-bond donors (Lipinski definition) is 4. The van der Waals surface area contributed by atoms with Crippen LogP contribution in [-0.2, 0) is 28.7 Å². The number of amides is 4. The summed E-state index contributed by atoms with van der Waals surface area (Å²) in [5.41, 5.74) is 0. The molecule has 0 atom stereocenters. The van der Waals surface area contributed by atoms with Crippen LogP contribution >= 0.6 is 0 Å². The molecule has 1 aliphatic heterocycles. The highest BCUT2D eigenvalue weighted by Crippen LogP contribution is 1.89. The van der Waals surface area contributed by atoms with Gasteiger partial charge < -0.3 is 30.7 Å². The van der Waals surface area contributed by atoms with Gasteiger partial charge in [0, 0.05) is 25.9 Å². The number of carbonyl (C=O) groups excluding carboxylic acids is 4. The van der Waals surface area contributed by atoms with E-state index in [1.165, 1.54) is 0 Å². The van der Waals surface area contributed by atoms with Crippen molar-refractivity contribution in [3.8, 4) is 0 Å². The van der Waals surface area contributed by atoms with Gasteiger partial charge in [0.05, 0.1) is 39.5 Å². The largest absolute Gasteiger partial charge is 0.377 e. The Bertz CT molecular complexity index is 403. The molecule has 1 saturated heterocycles. The van der Waals surface area contributed by atoms with Crippen molar-refractivity contribution in [1.82, 2.24) is 21.3 Å². The zero-order chi connectivity index (χ0) is 17.6. The van der Waals surface area contributed by atoms with Gasteiger partial charge in [-0.2, -0.15) is 0 Å². The molecular weight excluding hydrogens is 320 g/mol. The molecule has 0 radical (unpaired) electrons. The average Bonchev–Trinajstić information content (AvgIpc) is 2.57. The van der Waals surface area contributed by atoms with Crippen molar-refractivity contribution in [2.24, 2.45) is 0 Å². The van der Waals surface area contributed by atoms with Gasteiger partial charge in [-0.05, 0) is 0 Å². The Hall–Kier alpha value is -2.20. The van der Waals surface area contributed by atoms with Crippen LogP contribution < -0.4 is 21.3 Å². The number of rotatable bonds is 0. The molecule has 1 aliphatic rings. The minimum absolute atomic E-state index is 0.0579. The highest BCUT2D eigenvalue weighted by Gasteiger charge is 2.10. The molecule has 4 N–H and O–H groups in total. The maximum Gasteiger partial charge on any atom is 0.239 e. The van der Waals surface area contributed by atoms with E-state index in [1.54, 1.807) is 0 Å². The molecule has 0 aromatic heterocycles. The number of ether oxygens (including phenoxy) is 2. The number of nitrogens with one attached hydrogen (secondary N) is 4. The molecule has 0 aromatic rings. The molecule has 136 valence electrons. The summed E-state index contributed by atoms with van der Waals surface area (Å²) < 4.78 is 10.5. The first kappa shape index (κ1) is 19.8. The van der Waals surface area contributed by atoms with Crippen LogP contribution in [-0.4, -0.2) is 76.2 Å². The van der Waals surface area contributed by atoms with Crippen LogP contribution in [0.4, 0.5) is 0 Å². The Labute approximate surface area is 140 Å². The van der Waals surface area contributed by atoms with E-state index in [0.29, 0.717) is 39.5 Å². The van der Waals surface area contributed by atoms with Crippen molar-refractivity contribution >= 4 is 23.6 Å². The highest BCUT2D eigenvalue weighted by molar-refractivity contribution is 5.88. The summed E-state index contributed by atoms with van der Waals surface area (Å²) in [7, 11) is 0. The van der Waals surface area contributed by atoms with Crippen LogP contribution in [0.5, 0.6) is 0 Å². The van der Waals surface area contributed by atoms with Crippen molar-refractivity contribution in [2.45, 2.75) is 12.8 Å². The predicted octanol–water partition coefficient (Wildman–Crippen LogP) is -2.72. The second-order valence-electron chi connectivity index (χ2n) is 4.98. The fourth-order valence-corrected chi connectivity index (χ4v) is 1.73. The smallest absolute Gasteiger partial charge is 0.239 e. The van der Waals surface area contributed by atoms with Crippen LogP contribution in [0.25, 0.3) is 0 Å². The predicted molar refractivity (Wildman–Crippen MR) is 82.9 cm³/mol. The average molecular weight is 344 g/mol. The lowest BCUT2D eigenvalue weighted by Crippen LogP contribution is -2.40. The van der Waals surface area contributed by atoms with E-state index in [4.69, 9.17) is 9.47 Å². The van der Waals surface area contributed by atoms with Gasteiger partial charge in [0.15, 0.2) is 0 Å². The third kappa shape index (κ3) is 10.5. The fraction of sp³-hybridized carbons (Fsp3) is 0.714. The fourth-order valence-electron chi connectivity index (χ4n) is 1.73. The quantitative estimate of drug-likeness (QED) is 0.377. The lowest BCUT2D eigenvalue weighted by molar-refractivity contribution is -0.129. The minimum atomic E-state index is -0.410. The van der Waals surface area contributed by atoms with Gasteiger partial charge in [0.25, 0.3) is 0 Å². The molecule has 0 aliphatic carbocycles. The van der Waals surface area contributed by atoms with Gasteiger partial charge in [-0.15, -0.1) is 0 Å². The van der Waals surface area contributed by atoms with Crippen molar-refractivity contribution in [2.75, 3.05) is 52.6 Å². The second kappa shape index (κ2) is 12.3. The molecule has 0 bridgehead atoms. The SMILES string of the molecule is O=C1CCC(=O)NCC(=O)NCCOCCOCCNC(=O)CN1. The Morgan fingerprint density at radius 1 is 0.542 bits per heavy atom. The lowest BCUT2D eigenvalue weighted by atomic mass is 10.3. The summed E-state index contributed by atoms with van der Waals surface area (Å²) in [6.07, 6.45) is -0.116. The van der Waals surface area contributed by atoms with Gasteiger partial charge in [-0.25, -0.2) is 0 Å². The van der Waals surface area contributed by atoms with Crippen LogP contribution in [0.2, 0.25) is 0 Å². The summed E-state index contributed by atoms with van der Waals surface area (Å²) >= 11 is 0. The third-order valence-electron chi connectivity index (χ3n) is 2.98. The van der Waals surface area contributed by atoms with Gasteiger partial charge in [-0.1, -0.05) is 0 Å². The molecule has 1 rings (SSSR count). The van der Waals surface area contributed by atoms with Gasteiger partial charge >= 0.3 is 0 Å². The highest BCUT2D eigenvalue weighted by atomic mass is 16.5. The summed E-state index contributed by atoms with van der Waals surface area (Å²) in [4.78, 5) is 46.0. The lowest BCUT2D eigenvalue weighted by Gasteiger charge is -2.10. The zero-order valence-electron chi connectivity index (χ0n) is 13.5. The Balaban J connectivity index is 2.36. The van der Waals surface area contributed by atoms with E-state index in [-0.39, 0.29) is 37.7 Å². The monoisotopic (exact) mass is 344 g/mol. The van der Waals surface area contributed by atoms with Crippen LogP contribution in [0.1, 0.15) is 12.8 Å². The first-order valence-corrected chi connectivity index (χ1v) is 7.80. The molecule has 0 spiro atoms. The topological polar surface area (TPSA) is 135 Å². The van der Waals surface area contributed by atoms with E-state index >= 15 is 0 Å². The van der Waals surface area contributed by atoms with Crippen LogP contribution in [0, 0.1) is 0 Å². The maximum atomic E-state index is 11.5. The van der Waals surface area contributed by atoms with Crippen LogP contribution in [0.15, 0.2) is 0 Å². The molecule has 10 nitrogen and oxygen atoms in total. The first-order valence-electron chi connectivity index (χ1n) is 7.80. The summed E-state index contributed by atoms with van der Waals surface area (Å²) in [5.74, 6) is -1.49. The first-order chi connectivity index (χ1) is 11.6. The van der Waals surface area contributed by atoms with E-state index in [1.807, 2.05) is 0 Å². The standard InChI is InChI=1S/C14H24N4O6/c19-11-1-2-12(20)18-10-14(22)16-4-6-24-8-7-23-5-3-15-13(21)9-17-11/h1-10H2,(H,15,21)(H,16,22)(H,17,19)(H,18,20). The molecule has 0 aromatic carbocycles. The van der Waals surface area contributed by atoms with Gasteiger partial charge in [0.1, 0.15) is 0 Å². The Morgan fingerprint density at radius 2 is 0.958 bits per heavy atom. The molecule has 1 heterocycles. The Morgan fingerprint density at radius 3 is 1.38 bits per heavy atom. The molecular formula is C14H24N4O6. The molecule has 24 heavy (non-hydrogen) atoms. The summed E-state index contributed by atoms with van der Waals surface area (Å²) in [5, 5.41) is 10.0. The molecule has 0 saturated carbocycles. The maximum absolute atomic E-state index is 11.5. The number of hydrogen-bond acceptors (Lipinski definition) is 6. The van der Waals surface area contributed by atoms with Crippen molar-refractivity contribution in [3.63, 3.8) is 0 Å².